The predicted octanol–water partition coefficient (Wildman–Crippen LogP) is 4.25. The van der Waals surface area contributed by atoms with E-state index >= 15 is 0 Å². The van der Waals surface area contributed by atoms with Crippen LogP contribution in [0.1, 0.15) is 25.1 Å². The van der Waals surface area contributed by atoms with Crippen molar-refractivity contribution in [3.05, 3.63) is 60.2 Å². The molecule has 0 saturated carbocycles. The van der Waals surface area contributed by atoms with Crippen molar-refractivity contribution in [2.24, 2.45) is 0 Å². The molecule has 0 bridgehead atoms. The van der Waals surface area contributed by atoms with Crippen LogP contribution in [0.3, 0.4) is 0 Å². The summed E-state index contributed by atoms with van der Waals surface area (Å²) in [6.45, 7) is 2.98. The molecule has 0 aliphatic heterocycles. The minimum Gasteiger partial charge on any atom is -0.495 e. The molecule has 0 spiro atoms. The van der Waals surface area contributed by atoms with Gasteiger partial charge >= 0.3 is 0 Å². The molecule has 3 heterocycles. The summed E-state index contributed by atoms with van der Waals surface area (Å²) in [5.74, 6) is 1.35. The van der Waals surface area contributed by atoms with Gasteiger partial charge in [0.25, 0.3) is 0 Å². The number of hydrogen-bond donors (Lipinski definition) is 1. The minimum atomic E-state index is -0.267. The standard InChI is InChI=1S/C24H23N7O3S/c1-3-12-31-17-10-6-4-8-15(17)22-23(31)27-24(29-28-22)35-14-21-26-19(30-34-21)13-20(32)25-16-9-5-7-11-18(16)33-2/h4-11H,3,12-14H2,1-2H3,(H,25,32). The Balaban J connectivity index is 1.26. The second-order valence-electron chi connectivity index (χ2n) is 7.75. The molecule has 1 N–H and O–H groups in total. The second-order valence-corrected chi connectivity index (χ2v) is 8.70. The quantitative estimate of drug-likeness (QED) is 0.303. The van der Waals surface area contributed by atoms with Gasteiger partial charge in [0, 0.05) is 11.9 Å². The van der Waals surface area contributed by atoms with Crippen LogP contribution in [0.15, 0.2) is 58.2 Å². The van der Waals surface area contributed by atoms with Crippen molar-refractivity contribution >= 4 is 45.4 Å². The zero-order valence-corrected chi connectivity index (χ0v) is 20.1. The van der Waals surface area contributed by atoms with E-state index in [1.54, 1.807) is 19.2 Å². The van der Waals surface area contributed by atoms with Crippen molar-refractivity contribution in [3.8, 4) is 5.75 Å². The van der Waals surface area contributed by atoms with Crippen LogP contribution in [-0.2, 0) is 23.5 Å². The number of aryl methyl sites for hydroxylation is 1. The average Bonchev–Trinajstić information content (AvgIpc) is 3.45. The number of thioether (sulfide) groups is 1. The SMILES string of the molecule is CCCn1c2ccccc2c2nnc(SCc3nc(CC(=O)Nc4ccccc4OC)no3)nc21. The van der Waals surface area contributed by atoms with Crippen LogP contribution in [0.25, 0.3) is 22.1 Å². The van der Waals surface area contributed by atoms with Gasteiger partial charge in [-0.05, 0) is 24.6 Å². The molecule has 0 aliphatic rings. The summed E-state index contributed by atoms with van der Waals surface area (Å²) in [7, 11) is 1.55. The summed E-state index contributed by atoms with van der Waals surface area (Å²) in [6.07, 6.45) is 0.961. The van der Waals surface area contributed by atoms with E-state index in [1.807, 2.05) is 30.3 Å². The number of fused-ring (bicyclic) bond motifs is 3. The molecule has 0 unspecified atom stereocenters. The Morgan fingerprint density at radius 3 is 2.80 bits per heavy atom. The first-order valence-electron chi connectivity index (χ1n) is 11.1. The molecule has 0 aliphatic carbocycles. The number of aromatic nitrogens is 6. The van der Waals surface area contributed by atoms with E-state index in [4.69, 9.17) is 14.2 Å². The van der Waals surface area contributed by atoms with E-state index in [1.165, 1.54) is 11.8 Å². The van der Waals surface area contributed by atoms with Crippen LogP contribution < -0.4 is 10.1 Å². The van der Waals surface area contributed by atoms with Gasteiger partial charge in [-0.3, -0.25) is 4.79 Å². The third-order valence-electron chi connectivity index (χ3n) is 5.34. The molecule has 5 rings (SSSR count). The van der Waals surface area contributed by atoms with Crippen molar-refractivity contribution in [1.82, 2.24) is 29.9 Å². The molecule has 0 saturated heterocycles. The van der Waals surface area contributed by atoms with E-state index in [0.29, 0.717) is 34.1 Å². The van der Waals surface area contributed by atoms with Gasteiger partial charge in [0.05, 0.1) is 30.5 Å². The molecule has 2 aromatic carbocycles. The number of rotatable bonds is 9. The number of para-hydroxylation sites is 3. The second kappa shape index (κ2) is 10.1. The Kier molecular flexibility index (Phi) is 6.57. The highest BCUT2D eigenvalue weighted by Crippen LogP contribution is 2.28. The lowest BCUT2D eigenvalue weighted by atomic mass is 10.2. The lowest BCUT2D eigenvalue weighted by Gasteiger charge is -2.08. The highest BCUT2D eigenvalue weighted by Gasteiger charge is 2.16. The summed E-state index contributed by atoms with van der Waals surface area (Å²) < 4.78 is 12.7. The van der Waals surface area contributed by atoms with Crippen molar-refractivity contribution < 1.29 is 14.1 Å². The molecule has 0 fully saturated rings. The lowest BCUT2D eigenvalue weighted by Crippen LogP contribution is -2.15. The summed E-state index contributed by atoms with van der Waals surface area (Å²) in [6, 6.07) is 15.3. The fourth-order valence-corrected chi connectivity index (χ4v) is 4.45. The molecule has 10 nitrogen and oxygen atoms in total. The van der Waals surface area contributed by atoms with E-state index in [2.05, 4.69) is 43.2 Å². The summed E-state index contributed by atoms with van der Waals surface area (Å²) >= 11 is 1.35. The van der Waals surface area contributed by atoms with E-state index < -0.39 is 0 Å². The number of amides is 1. The zero-order valence-electron chi connectivity index (χ0n) is 19.3. The molecule has 0 atom stereocenters. The zero-order chi connectivity index (χ0) is 24.2. The Labute approximate surface area is 205 Å². The molecular weight excluding hydrogens is 466 g/mol. The maximum absolute atomic E-state index is 12.4. The fourth-order valence-electron chi connectivity index (χ4n) is 3.83. The van der Waals surface area contributed by atoms with Gasteiger partial charge in [-0.2, -0.15) is 4.98 Å². The minimum absolute atomic E-state index is 0.0205. The molecule has 5 aromatic rings. The molecular formula is C24H23N7O3S. The summed E-state index contributed by atoms with van der Waals surface area (Å²) in [5, 5.41) is 17.0. The first-order chi connectivity index (χ1) is 17.2. The van der Waals surface area contributed by atoms with Gasteiger partial charge < -0.3 is 19.1 Å². The van der Waals surface area contributed by atoms with Gasteiger partial charge in [-0.1, -0.05) is 54.2 Å². The Morgan fingerprint density at radius 2 is 1.94 bits per heavy atom. The fraction of sp³-hybridized carbons (Fsp3) is 0.250. The Morgan fingerprint density at radius 1 is 1.11 bits per heavy atom. The topological polar surface area (TPSA) is 121 Å². The van der Waals surface area contributed by atoms with Gasteiger partial charge in [0.15, 0.2) is 11.5 Å². The molecule has 35 heavy (non-hydrogen) atoms. The normalized spacial score (nSPS) is 11.3. The highest BCUT2D eigenvalue weighted by atomic mass is 32.2. The number of methoxy groups -OCH3 is 1. The third kappa shape index (κ3) is 4.80. The largest absolute Gasteiger partial charge is 0.495 e. The number of nitrogens with zero attached hydrogens (tertiary/aromatic N) is 6. The van der Waals surface area contributed by atoms with Crippen molar-refractivity contribution in [3.63, 3.8) is 0 Å². The molecule has 11 heteroatoms. The lowest BCUT2D eigenvalue weighted by molar-refractivity contribution is -0.115. The number of hydrogen-bond acceptors (Lipinski definition) is 9. The monoisotopic (exact) mass is 489 g/mol. The van der Waals surface area contributed by atoms with Crippen LogP contribution in [0.5, 0.6) is 5.75 Å². The molecule has 0 radical (unpaired) electrons. The smallest absolute Gasteiger partial charge is 0.237 e. The third-order valence-corrected chi connectivity index (χ3v) is 6.16. The van der Waals surface area contributed by atoms with Gasteiger partial charge in [-0.15, -0.1) is 10.2 Å². The van der Waals surface area contributed by atoms with Crippen LogP contribution >= 0.6 is 11.8 Å². The maximum Gasteiger partial charge on any atom is 0.237 e. The Bertz CT molecular complexity index is 1500. The van der Waals surface area contributed by atoms with Crippen molar-refractivity contribution in [1.29, 1.82) is 0 Å². The van der Waals surface area contributed by atoms with Crippen LogP contribution in [-0.4, -0.2) is 42.9 Å². The van der Waals surface area contributed by atoms with Crippen molar-refractivity contribution in [2.45, 2.75) is 37.2 Å². The number of benzene rings is 2. The predicted molar refractivity (Wildman–Crippen MR) is 132 cm³/mol. The van der Waals surface area contributed by atoms with E-state index in [0.717, 1.165) is 35.0 Å². The number of carbonyl (C=O) groups is 1. The highest BCUT2D eigenvalue weighted by molar-refractivity contribution is 7.98. The maximum atomic E-state index is 12.4. The first kappa shape index (κ1) is 22.8. The van der Waals surface area contributed by atoms with Gasteiger partial charge in [0.2, 0.25) is 17.0 Å². The number of carbonyl (C=O) groups excluding carboxylic acids is 1. The van der Waals surface area contributed by atoms with E-state index in [-0.39, 0.29) is 12.3 Å². The Hall–Kier alpha value is -3.99. The van der Waals surface area contributed by atoms with Gasteiger partial charge in [-0.25, -0.2) is 4.98 Å². The molecule has 178 valence electrons. The van der Waals surface area contributed by atoms with Crippen molar-refractivity contribution in [2.75, 3.05) is 12.4 Å². The average molecular weight is 490 g/mol. The van der Waals surface area contributed by atoms with E-state index in [9.17, 15) is 4.79 Å². The number of anilines is 1. The van der Waals surface area contributed by atoms with Gasteiger partial charge in [0.1, 0.15) is 11.3 Å². The number of ether oxygens (including phenoxy) is 1. The summed E-state index contributed by atoms with van der Waals surface area (Å²) in [4.78, 5) is 21.5. The molecule has 3 aromatic heterocycles. The van der Waals surface area contributed by atoms with Crippen LogP contribution in [0.4, 0.5) is 5.69 Å². The molecule has 1 amide bonds. The first-order valence-corrected chi connectivity index (χ1v) is 12.1. The van der Waals surface area contributed by atoms with Crippen LogP contribution in [0.2, 0.25) is 0 Å². The van der Waals surface area contributed by atoms with Crippen LogP contribution in [0, 0.1) is 0 Å². The number of nitrogens with one attached hydrogen (secondary N) is 1. The summed E-state index contributed by atoms with van der Waals surface area (Å²) in [5.41, 5.74) is 3.28.